The fraction of sp³-hybridized carbons (Fsp3) is 0.622. The standard InChI is InChI=1S/C37H56N4O6/c1-26-22-41(27(2)25-42)36(43)33-21-31(39-37(44)38-30-14-17-32(45-5)18-15-30)16-19-34(33)47-28(3)11-9-10-20-46-35(26)24-40(4)23-29-12-7-6-8-13-29/h14-19,21,26-29,35,42H,6-13,20,22-25H2,1-5H3,(H2,38,39,44)/t26-,27+,28+,35-/m0/s1. The van der Waals surface area contributed by atoms with E-state index < -0.39 is 12.1 Å². The summed E-state index contributed by atoms with van der Waals surface area (Å²) >= 11 is 0. The van der Waals surface area contributed by atoms with Crippen LogP contribution >= 0.6 is 0 Å². The second-order valence-corrected chi connectivity index (χ2v) is 13.5. The number of carbonyl (C=O) groups excluding carboxylic acids is 2. The van der Waals surface area contributed by atoms with Crippen molar-refractivity contribution in [3.8, 4) is 11.5 Å². The van der Waals surface area contributed by atoms with E-state index in [1.807, 2.05) is 13.8 Å². The Balaban J connectivity index is 1.55. The van der Waals surface area contributed by atoms with E-state index in [0.29, 0.717) is 41.6 Å². The van der Waals surface area contributed by atoms with Crippen LogP contribution in [-0.2, 0) is 4.74 Å². The van der Waals surface area contributed by atoms with Gasteiger partial charge in [-0.2, -0.15) is 0 Å². The number of urea groups is 1. The van der Waals surface area contributed by atoms with E-state index in [-0.39, 0.29) is 30.6 Å². The maximum Gasteiger partial charge on any atom is 0.323 e. The maximum absolute atomic E-state index is 14.4. The Hall–Kier alpha value is -3.34. The first-order valence-electron chi connectivity index (χ1n) is 17.4. The number of nitrogens with one attached hydrogen (secondary N) is 2. The van der Waals surface area contributed by atoms with E-state index in [1.165, 1.54) is 32.1 Å². The quantitative estimate of drug-likeness (QED) is 0.278. The van der Waals surface area contributed by atoms with E-state index in [2.05, 4.69) is 29.5 Å². The lowest BCUT2D eigenvalue weighted by Crippen LogP contribution is -2.47. The number of rotatable bonds is 9. The number of benzene rings is 2. The number of anilines is 2. The summed E-state index contributed by atoms with van der Waals surface area (Å²) in [4.78, 5) is 31.4. The number of fused-ring (bicyclic) bond motifs is 1. The number of ether oxygens (including phenoxy) is 3. The van der Waals surface area contributed by atoms with E-state index >= 15 is 0 Å². The molecular weight excluding hydrogens is 596 g/mol. The molecule has 1 saturated carbocycles. The Morgan fingerprint density at radius 3 is 2.38 bits per heavy atom. The molecule has 260 valence electrons. The third-order valence-corrected chi connectivity index (χ3v) is 9.44. The Kier molecular flexibility index (Phi) is 14.2. The summed E-state index contributed by atoms with van der Waals surface area (Å²) in [7, 11) is 3.77. The highest BCUT2D eigenvalue weighted by molar-refractivity contribution is 6.02. The van der Waals surface area contributed by atoms with Crippen LogP contribution in [0.5, 0.6) is 11.5 Å². The smallest absolute Gasteiger partial charge is 0.323 e. The van der Waals surface area contributed by atoms with Gasteiger partial charge >= 0.3 is 6.03 Å². The van der Waals surface area contributed by atoms with Crippen molar-refractivity contribution in [2.24, 2.45) is 11.8 Å². The predicted molar refractivity (Wildman–Crippen MR) is 187 cm³/mol. The van der Waals surface area contributed by atoms with Gasteiger partial charge in [-0.05, 0) is 101 Å². The molecule has 0 aromatic heterocycles. The minimum Gasteiger partial charge on any atom is -0.497 e. The van der Waals surface area contributed by atoms with Gasteiger partial charge in [-0.1, -0.05) is 26.2 Å². The van der Waals surface area contributed by atoms with E-state index in [4.69, 9.17) is 14.2 Å². The normalized spacial score (nSPS) is 22.5. The van der Waals surface area contributed by atoms with Crippen LogP contribution in [0, 0.1) is 11.8 Å². The van der Waals surface area contributed by atoms with Crippen molar-refractivity contribution in [3.63, 3.8) is 0 Å². The summed E-state index contributed by atoms with van der Waals surface area (Å²) in [5, 5.41) is 15.9. The SMILES string of the molecule is COc1ccc(NC(=O)Nc2ccc3c(c2)C(=O)N([C@H](C)CO)C[C@H](C)[C@H](CN(C)CC2CCCCC2)OCCCC[C@@H](C)O3)cc1. The molecule has 2 aliphatic rings. The molecule has 10 heteroatoms. The summed E-state index contributed by atoms with van der Waals surface area (Å²) < 4.78 is 18.1. The molecule has 1 heterocycles. The van der Waals surface area contributed by atoms with Crippen LogP contribution in [0.25, 0.3) is 0 Å². The Morgan fingerprint density at radius 1 is 1.00 bits per heavy atom. The fourth-order valence-electron chi connectivity index (χ4n) is 6.62. The number of likely N-dealkylation sites (N-methyl/N-ethyl adjacent to an activating group) is 1. The number of hydrogen-bond donors (Lipinski definition) is 3. The maximum atomic E-state index is 14.4. The minimum atomic E-state index is -0.440. The molecule has 2 aromatic rings. The van der Waals surface area contributed by atoms with Crippen LogP contribution in [0.15, 0.2) is 42.5 Å². The number of nitrogens with zero attached hydrogens (tertiary/aromatic N) is 2. The van der Waals surface area contributed by atoms with Crippen LogP contribution in [0.3, 0.4) is 0 Å². The lowest BCUT2D eigenvalue weighted by molar-refractivity contribution is -0.0190. The van der Waals surface area contributed by atoms with Gasteiger partial charge in [0.1, 0.15) is 11.5 Å². The Morgan fingerprint density at radius 2 is 1.68 bits per heavy atom. The monoisotopic (exact) mass is 652 g/mol. The zero-order chi connectivity index (χ0) is 33.8. The molecule has 0 unspecified atom stereocenters. The van der Waals surface area contributed by atoms with Gasteiger partial charge < -0.3 is 39.8 Å². The van der Waals surface area contributed by atoms with Crippen molar-refractivity contribution < 1.29 is 28.9 Å². The largest absolute Gasteiger partial charge is 0.497 e. The predicted octanol–water partition coefficient (Wildman–Crippen LogP) is 6.65. The summed E-state index contributed by atoms with van der Waals surface area (Å²) in [5.41, 5.74) is 1.40. The van der Waals surface area contributed by atoms with Crippen molar-refractivity contribution in [2.75, 3.05) is 57.6 Å². The van der Waals surface area contributed by atoms with E-state index in [1.54, 1.807) is 54.5 Å². The number of aliphatic hydroxyl groups excluding tert-OH is 1. The third-order valence-electron chi connectivity index (χ3n) is 9.44. The highest BCUT2D eigenvalue weighted by atomic mass is 16.5. The van der Waals surface area contributed by atoms with Gasteiger partial charge in [0.15, 0.2) is 0 Å². The van der Waals surface area contributed by atoms with Gasteiger partial charge in [0.05, 0.1) is 37.5 Å². The zero-order valence-electron chi connectivity index (χ0n) is 29.0. The van der Waals surface area contributed by atoms with Gasteiger partial charge in [-0.3, -0.25) is 4.79 Å². The van der Waals surface area contributed by atoms with Crippen molar-refractivity contribution in [3.05, 3.63) is 48.0 Å². The van der Waals surface area contributed by atoms with Crippen LogP contribution in [0.2, 0.25) is 0 Å². The number of aliphatic hydroxyl groups is 1. The van der Waals surface area contributed by atoms with E-state index in [9.17, 15) is 14.7 Å². The molecule has 0 radical (unpaired) electrons. The highest BCUT2D eigenvalue weighted by Gasteiger charge is 2.31. The first-order valence-corrected chi connectivity index (χ1v) is 17.4. The van der Waals surface area contributed by atoms with Gasteiger partial charge in [0, 0.05) is 43.5 Å². The zero-order valence-corrected chi connectivity index (χ0v) is 29.0. The van der Waals surface area contributed by atoms with Crippen molar-refractivity contribution in [1.29, 1.82) is 0 Å². The van der Waals surface area contributed by atoms with Gasteiger partial charge in [0.25, 0.3) is 5.91 Å². The van der Waals surface area contributed by atoms with Crippen LogP contribution < -0.4 is 20.1 Å². The fourth-order valence-corrected chi connectivity index (χ4v) is 6.62. The molecule has 3 amide bonds. The lowest BCUT2D eigenvalue weighted by Gasteiger charge is -2.36. The van der Waals surface area contributed by atoms with Crippen LogP contribution in [-0.4, -0.2) is 92.1 Å². The summed E-state index contributed by atoms with van der Waals surface area (Å²) in [6.07, 6.45) is 9.08. The third kappa shape index (κ3) is 11.1. The van der Waals surface area contributed by atoms with Crippen LogP contribution in [0.4, 0.5) is 16.2 Å². The molecule has 47 heavy (non-hydrogen) atoms. The highest BCUT2D eigenvalue weighted by Crippen LogP contribution is 2.29. The molecule has 1 aliphatic heterocycles. The van der Waals surface area contributed by atoms with Crippen molar-refractivity contribution in [1.82, 2.24) is 9.80 Å². The topological polar surface area (TPSA) is 113 Å². The van der Waals surface area contributed by atoms with Crippen LogP contribution in [0.1, 0.15) is 82.5 Å². The molecule has 0 spiro atoms. The number of methoxy groups -OCH3 is 1. The second-order valence-electron chi connectivity index (χ2n) is 13.5. The molecule has 1 fully saturated rings. The van der Waals surface area contributed by atoms with Crippen molar-refractivity contribution >= 4 is 23.3 Å². The second kappa shape index (κ2) is 18.3. The molecular formula is C37H56N4O6. The first-order chi connectivity index (χ1) is 22.7. The summed E-state index contributed by atoms with van der Waals surface area (Å²) in [5.74, 6) is 1.64. The van der Waals surface area contributed by atoms with E-state index in [0.717, 1.165) is 38.3 Å². The number of amides is 3. The molecule has 1 aliphatic carbocycles. The number of hydrogen-bond acceptors (Lipinski definition) is 7. The van der Waals surface area contributed by atoms with Gasteiger partial charge in [-0.15, -0.1) is 0 Å². The molecule has 0 saturated heterocycles. The molecule has 0 bridgehead atoms. The molecule has 4 atom stereocenters. The molecule has 2 aromatic carbocycles. The summed E-state index contributed by atoms with van der Waals surface area (Å²) in [6, 6.07) is 11.3. The van der Waals surface area contributed by atoms with Crippen molar-refractivity contribution in [2.45, 2.75) is 90.4 Å². The average Bonchev–Trinajstić information content (AvgIpc) is 3.06. The molecule has 3 N–H and O–H groups in total. The Bertz CT molecular complexity index is 1270. The van der Waals surface area contributed by atoms with Gasteiger partial charge in [0.2, 0.25) is 0 Å². The Labute approximate surface area is 281 Å². The lowest BCUT2D eigenvalue weighted by atomic mass is 9.89. The first kappa shape index (κ1) is 36.5. The minimum absolute atomic E-state index is 0.0181. The summed E-state index contributed by atoms with van der Waals surface area (Å²) in [6.45, 7) is 8.74. The van der Waals surface area contributed by atoms with Gasteiger partial charge in [-0.25, -0.2) is 4.79 Å². The molecule has 10 nitrogen and oxygen atoms in total. The molecule has 4 rings (SSSR count). The number of carbonyl (C=O) groups is 2. The average molecular weight is 653 g/mol.